The molecule has 1 aliphatic heterocycles. The number of methoxy groups -OCH3 is 1. The predicted octanol–water partition coefficient (Wildman–Crippen LogP) is 2.95. The van der Waals surface area contributed by atoms with Gasteiger partial charge in [-0.3, -0.25) is 4.79 Å². The molecular weight excluding hydrogens is 364 g/mol. The number of hydrogen-bond acceptors (Lipinski definition) is 5. The molecule has 3 rings (SSSR count). The van der Waals surface area contributed by atoms with Crippen molar-refractivity contribution in [2.75, 3.05) is 13.9 Å². The molecule has 2 aromatic carbocycles. The van der Waals surface area contributed by atoms with Crippen molar-refractivity contribution in [2.24, 2.45) is 5.10 Å². The summed E-state index contributed by atoms with van der Waals surface area (Å²) in [6.07, 6.45) is 1.54. The van der Waals surface area contributed by atoms with E-state index in [9.17, 15) is 4.79 Å². The van der Waals surface area contributed by atoms with Crippen LogP contribution >= 0.6 is 15.9 Å². The summed E-state index contributed by atoms with van der Waals surface area (Å²) in [6.45, 7) is 0.221. The number of hydrogen-bond donors (Lipinski definition) is 1. The van der Waals surface area contributed by atoms with Crippen molar-refractivity contribution in [1.82, 2.24) is 5.43 Å². The monoisotopic (exact) mass is 376 g/mol. The molecule has 1 heterocycles. The van der Waals surface area contributed by atoms with Gasteiger partial charge < -0.3 is 14.2 Å². The maximum atomic E-state index is 12.0. The summed E-state index contributed by atoms with van der Waals surface area (Å²) in [5, 5.41) is 3.95. The smallest absolute Gasteiger partial charge is 0.271 e. The van der Waals surface area contributed by atoms with Gasteiger partial charge in [0, 0.05) is 5.56 Å². The van der Waals surface area contributed by atoms with Crippen LogP contribution in [-0.4, -0.2) is 26.0 Å². The lowest BCUT2D eigenvalue weighted by Gasteiger charge is -2.05. The van der Waals surface area contributed by atoms with Gasteiger partial charge in [0.15, 0.2) is 11.5 Å². The zero-order valence-corrected chi connectivity index (χ0v) is 13.8. The summed E-state index contributed by atoms with van der Waals surface area (Å²) < 4.78 is 16.3. The van der Waals surface area contributed by atoms with E-state index in [0.29, 0.717) is 27.3 Å². The molecule has 6 nitrogen and oxygen atoms in total. The number of rotatable bonds is 4. The summed E-state index contributed by atoms with van der Waals surface area (Å²) in [7, 11) is 1.56. The molecule has 0 radical (unpaired) electrons. The minimum Gasteiger partial charge on any atom is -0.496 e. The Balaban J connectivity index is 1.65. The highest BCUT2D eigenvalue weighted by molar-refractivity contribution is 9.10. The van der Waals surface area contributed by atoms with Crippen LogP contribution in [0.25, 0.3) is 0 Å². The molecule has 2 aromatic rings. The molecule has 1 amide bonds. The Morgan fingerprint density at radius 3 is 2.87 bits per heavy atom. The van der Waals surface area contributed by atoms with E-state index in [1.165, 1.54) is 0 Å². The molecular formula is C16H13BrN2O4. The number of nitrogens with one attached hydrogen (secondary N) is 1. The first-order chi connectivity index (χ1) is 11.2. The fourth-order valence-corrected chi connectivity index (χ4v) is 2.57. The Labute approximate surface area is 141 Å². The highest BCUT2D eigenvalue weighted by atomic mass is 79.9. The molecule has 0 atom stereocenters. The Morgan fingerprint density at radius 2 is 2.09 bits per heavy atom. The maximum absolute atomic E-state index is 12.0. The lowest BCUT2D eigenvalue weighted by Crippen LogP contribution is -2.17. The van der Waals surface area contributed by atoms with Crippen molar-refractivity contribution < 1.29 is 19.0 Å². The number of carbonyl (C=O) groups excluding carboxylic acids is 1. The Hall–Kier alpha value is -2.54. The Bertz CT molecular complexity index is 777. The lowest BCUT2D eigenvalue weighted by molar-refractivity contribution is 0.0955. The summed E-state index contributed by atoms with van der Waals surface area (Å²) in [4.78, 5) is 12.0. The zero-order chi connectivity index (χ0) is 16.2. The number of ether oxygens (including phenoxy) is 3. The zero-order valence-electron chi connectivity index (χ0n) is 12.2. The van der Waals surface area contributed by atoms with Crippen molar-refractivity contribution in [3.63, 3.8) is 0 Å². The van der Waals surface area contributed by atoms with E-state index in [-0.39, 0.29) is 12.7 Å². The number of fused-ring (bicyclic) bond motifs is 1. The third kappa shape index (κ3) is 3.45. The van der Waals surface area contributed by atoms with Gasteiger partial charge in [0.25, 0.3) is 5.91 Å². The molecule has 0 aromatic heterocycles. The van der Waals surface area contributed by atoms with Gasteiger partial charge in [-0.1, -0.05) is 0 Å². The van der Waals surface area contributed by atoms with Crippen LogP contribution in [-0.2, 0) is 0 Å². The summed E-state index contributed by atoms with van der Waals surface area (Å²) in [5.41, 5.74) is 3.75. The molecule has 0 saturated heterocycles. The van der Waals surface area contributed by atoms with Crippen LogP contribution in [0.3, 0.4) is 0 Å². The van der Waals surface area contributed by atoms with Crippen LogP contribution in [0.5, 0.6) is 17.2 Å². The molecule has 23 heavy (non-hydrogen) atoms. The van der Waals surface area contributed by atoms with E-state index in [2.05, 4.69) is 26.5 Å². The second kappa shape index (κ2) is 6.70. The van der Waals surface area contributed by atoms with Gasteiger partial charge >= 0.3 is 0 Å². The minimum atomic E-state index is -0.314. The van der Waals surface area contributed by atoms with E-state index in [1.807, 2.05) is 6.07 Å². The molecule has 1 aliphatic rings. The van der Waals surface area contributed by atoms with E-state index >= 15 is 0 Å². The maximum Gasteiger partial charge on any atom is 0.271 e. The number of halogens is 1. The molecule has 0 unspecified atom stereocenters. The van der Waals surface area contributed by atoms with Crippen LogP contribution < -0.4 is 19.6 Å². The van der Waals surface area contributed by atoms with E-state index < -0.39 is 0 Å². The van der Waals surface area contributed by atoms with Crippen LogP contribution in [0.4, 0.5) is 0 Å². The number of benzene rings is 2. The van der Waals surface area contributed by atoms with Crippen LogP contribution in [0.1, 0.15) is 15.9 Å². The predicted molar refractivity (Wildman–Crippen MR) is 88.3 cm³/mol. The summed E-state index contributed by atoms with van der Waals surface area (Å²) in [6, 6.07) is 10.5. The van der Waals surface area contributed by atoms with Gasteiger partial charge in [-0.15, -0.1) is 0 Å². The third-order valence-electron chi connectivity index (χ3n) is 3.19. The van der Waals surface area contributed by atoms with E-state index in [1.54, 1.807) is 43.7 Å². The topological polar surface area (TPSA) is 69.2 Å². The number of carbonyl (C=O) groups is 1. The van der Waals surface area contributed by atoms with Crippen LogP contribution in [0.2, 0.25) is 0 Å². The van der Waals surface area contributed by atoms with Crippen molar-refractivity contribution >= 4 is 28.1 Å². The van der Waals surface area contributed by atoms with Gasteiger partial charge in [-0.25, -0.2) is 5.43 Å². The van der Waals surface area contributed by atoms with E-state index in [4.69, 9.17) is 14.2 Å². The second-order valence-electron chi connectivity index (χ2n) is 4.66. The highest BCUT2D eigenvalue weighted by Gasteiger charge is 2.12. The molecule has 0 aliphatic carbocycles. The molecule has 118 valence electrons. The van der Waals surface area contributed by atoms with Crippen molar-refractivity contribution in [3.8, 4) is 17.2 Å². The average molecular weight is 377 g/mol. The van der Waals surface area contributed by atoms with Gasteiger partial charge in [-0.05, 0) is 57.9 Å². The number of hydrazone groups is 1. The normalized spacial score (nSPS) is 12.4. The third-order valence-corrected chi connectivity index (χ3v) is 3.81. The second-order valence-corrected chi connectivity index (χ2v) is 5.52. The van der Waals surface area contributed by atoms with Crippen LogP contribution in [0, 0.1) is 0 Å². The molecule has 0 spiro atoms. The number of amides is 1. The first-order valence-electron chi connectivity index (χ1n) is 6.74. The summed E-state index contributed by atoms with van der Waals surface area (Å²) in [5.74, 6) is 1.71. The minimum absolute atomic E-state index is 0.221. The van der Waals surface area contributed by atoms with Crippen molar-refractivity contribution in [2.45, 2.75) is 0 Å². The summed E-state index contributed by atoms with van der Waals surface area (Å²) >= 11 is 3.34. The quantitative estimate of drug-likeness (QED) is 0.657. The van der Waals surface area contributed by atoms with E-state index in [0.717, 1.165) is 5.56 Å². The first-order valence-corrected chi connectivity index (χ1v) is 7.53. The van der Waals surface area contributed by atoms with Crippen LogP contribution in [0.15, 0.2) is 46.0 Å². The first kappa shape index (κ1) is 15.4. The molecule has 0 fully saturated rings. The fraction of sp³-hybridized carbons (Fsp3) is 0.125. The molecule has 0 bridgehead atoms. The largest absolute Gasteiger partial charge is 0.496 e. The molecule has 7 heteroatoms. The SMILES string of the molecule is COc1ccc(C(=O)N/N=C/c2ccc3c(c2)OCO3)cc1Br. The standard InChI is InChI=1S/C16H13BrN2O4/c1-21-13-5-3-11(7-12(13)17)16(20)19-18-8-10-2-4-14-15(6-10)23-9-22-14/h2-8H,9H2,1H3,(H,19,20)/b18-8+. The fourth-order valence-electron chi connectivity index (χ4n) is 2.03. The Kier molecular flexibility index (Phi) is 4.47. The Morgan fingerprint density at radius 1 is 1.26 bits per heavy atom. The highest BCUT2D eigenvalue weighted by Crippen LogP contribution is 2.32. The van der Waals surface area contributed by atoms with Gasteiger partial charge in [0.2, 0.25) is 6.79 Å². The molecule has 1 N–H and O–H groups in total. The van der Waals surface area contributed by atoms with Gasteiger partial charge in [0.1, 0.15) is 5.75 Å². The number of nitrogens with zero attached hydrogens (tertiary/aromatic N) is 1. The van der Waals surface area contributed by atoms with Gasteiger partial charge in [0.05, 0.1) is 17.8 Å². The van der Waals surface area contributed by atoms with Gasteiger partial charge in [-0.2, -0.15) is 5.10 Å². The van der Waals surface area contributed by atoms with Crippen molar-refractivity contribution in [1.29, 1.82) is 0 Å². The average Bonchev–Trinajstić information content (AvgIpc) is 3.02. The molecule has 0 saturated carbocycles. The van der Waals surface area contributed by atoms with Crippen molar-refractivity contribution in [3.05, 3.63) is 52.0 Å². The lowest BCUT2D eigenvalue weighted by atomic mass is 10.2.